The molecule has 2 atom stereocenters. The number of carbonyl (C=O) groups excluding carboxylic acids is 1. The minimum Gasteiger partial charge on any atom is -0.497 e. The van der Waals surface area contributed by atoms with Gasteiger partial charge in [-0.3, -0.25) is 4.79 Å². The van der Waals surface area contributed by atoms with Crippen LogP contribution in [0.4, 0.5) is 4.39 Å². The number of hydrogen-bond donors (Lipinski definition) is 2. The molecule has 0 aromatic heterocycles. The summed E-state index contributed by atoms with van der Waals surface area (Å²) < 4.78 is 52.1. The standard InChI is InChI=1S/C22H29FN2O5S/c1-14(2)12-20(25-31(27,28)18-9-7-17(29-4)8-10-18)22(26)24-15(3)16-6-11-21(30-5)19(23)13-16/h6-11,13-15,20,25H,12H2,1-5H3,(H,24,26). The van der Waals surface area contributed by atoms with E-state index in [1.165, 1.54) is 50.6 Å². The van der Waals surface area contributed by atoms with E-state index in [1.807, 2.05) is 13.8 Å². The van der Waals surface area contributed by atoms with Gasteiger partial charge in [0.05, 0.1) is 25.2 Å². The van der Waals surface area contributed by atoms with Crippen LogP contribution in [-0.4, -0.2) is 34.6 Å². The van der Waals surface area contributed by atoms with E-state index in [0.717, 1.165) is 0 Å². The van der Waals surface area contributed by atoms with Crippen LogP contribution in [0.1, 0.15) is 38.8 Å². The highest BCUT2D eigenvalue weighted by atomic mass is 32.2. The highest BCUT2D eigenvalue weighted by Crippen LogP contribution is 2.22. The number of carbonyl (C=O) groups is 1. The number of nitrogens with one attached hydrogen (secondary N) is 2. The topological polar surface area (TPSA) is 93.7 Å². The Morgan fingerprint density at radius 2 is 1.68 bits per heavy atom. The molecule has 2 unspecified atom stereocenters. The lowest BCUT2D eigenvalue weighted by atomic mass is 10.0. The maximum Gasteiger partial charge on any atom is 0.241 e. The maximum absolute atomic E-state index is 14.0. The fourth-order valence-electron chi connectivity index (χ4n) is 3.04. The molecular weight excluding hydrogens is 423 g/mol. The molecule has 0 heterocycles. The number of benzene rings is 2. The van der Waals surface area contributed by atoms with Crippen LogP contribution < -0.4 is 19.5 Å². The maximum atomic E-state index is 14.0. The van der Waals surface area contributed by atoms with Crippen molar-refractivity contribution in [2.75, 3.05) is 14.2 Å². The van der Waals surface area contributed by atoms with Gasteiger partial charge in [-0.1, -0.05) is 19.9 Å². The molecule has 0 fully saturated rings. The Bertz CT molecular complexity index is 993. The summed E-state index contributed by atoms with van der Waals surface area (Å²) in [6.45, 7) is 5.48. The first-order valence-electron chi connectivity index (χ1n) is 9.87. The molecule has 0 aliphatic carbocycles. The van der Waals surface area contributed by atoms with Crippen molar-refractivity contribution in [3.63, 3.8) is 0 Å². The second-order valence-electron chi connectivity index (χ2n) is 7.60. The number of sulfonamides is 1. The molecular formula is C22H29FN2O5S. The van der Waals surface area contributed by atoms with Gasteiger partial charge in [-0.2, -0.15) is 4.72 Å². The van der Waals surface area contributed by atoms with Crippen molar-refractivity contribution in [3.8, 4) is 11.5 Å². The minimum atomic E-state index is -3.93. The zero-order valence-electron chi connectivity index (χ0n) is 18.3. The van der Waals surface area contributed by atoms with Crippen molar-refractivity contribution < 1.29 is 27.1 Å². The van der Waals surface area contributed by atoms with Crippen molar-refractivity contribution in [3.05, 3.63) is 53.8 Å². The van der Waals surface area contributed by atoms with Crippen molar-refractivity contribution in [2.24, 2.45) is 5.92 Å². The van der Waals surface area contributed by atoms with E-state index in [4.69, 9.17) is 9.47 Å². The normalized spacial score (nSPS) is 13.5. The number of rotatable bonds is 10. The van der Waals surface area contributed by atoms with Gasteiger partial charge in [-0.05, 0) is 61.2 Å². The van der Waals surface area contributed by atoms with Crippen LogP contribution in [0.2, 0.25) is 0 Å². The van der Waals surface area contributed by atoms with Crippen LogP contribution in [0.25, 0.3) is 0 Å². The highest BCUT2D eigenvalue weighted by molar-refractivity contribution is 7.89. The van der Waals surface area contributed by atoms with Crippen LogP contribution in [0.15, 0.2) is 47.4 Å². The lowest BCUT2D eigenvalue weighted by molar-refractivity contribution is -0.123. The van der Waals surface area contributed by atoms with E-state index in [0.29, 0.717) is 17.7 Å². The number of ether oxygens (including phenoxy) is 2. The Hall–Kier alpha value is -2.65. The Morgan fingerprint density at radius 1 is 1.03 bits per heavy atom. The van der Waals surface area contributed by atoms with E-state index in [9.17, 15) is 17.6 Å². The molecule has 0 radical (unpaired) electrons. The highest BCUT2D eigenvalue weighted by Gasteiger charge is 2.27. The SMILES string of the molecule is COc1ccc(S(=O)(=O)NC(CC(C)C)C(=O)NC(C)c2ccc(OC)c(F)c2)cc1. The first-order valence-corrected chi connectivity index (χ1v) is 11.4. The molecule has 31 heavy (non-hydrogen) atoms. The molecule has 7 nitrogen and oxygen atoms in total. The Kier molecular flexibility index (Phi) is 8.41. The van der Waals surface area contributed by atoms with E-state index in [-0.39, 0.29) is 16.6 Å². The first-order chi connectivity index (χ1) is 14.6. The third-order valence-electron chi connectivity index (χ3n) is 4.73. The van der Waals surface area contributed by atoms with Gasteiger partial charge in [-0.25, -0.2) is 12.8 Å². The predicted molar refractivity (Wildman–Crippen MR) is 116 cm³/mol. The Labute approximate surface area is 183 Å². The van der Waals surface area contributed by atoms with Crippen LogP contribution in [-0.2, 0) is 14.8 Å². The van der Waals surface area contributed by atoms with E-state index < -0.39 is 33.8 Å². The van der Waals surface area contributed by atoms with Gasteiger partial charge in [-0.15, -0.1) is 0 Å². The van der Waals surface area contributed by atoms with Crippen LogP contribution in [0.3, 0.4) is 0 Å². The second kappa shape index (κ2) is 10.6. The number of amides is 1. The molecule has 0 aliphatic heterocycles. The van der Waals surface area contributed by atoms with Gasteiger partial charge >= 0.3 is 0 Å². The van der Waals surface area contributed by atoms with Crippen molar-refractivity contribution >= 4 is 15.9 Å². The number of hydrogen-bond acceptors (Lipinski definition) is 5. The molecule has 2 rings (SSSR count). The van der Waals surface area contributed by atoms with Gasteiger partial charge < -0.3 is 14.8 Å². The quantitative estimate of drug-likeness (QED) is 0.576. The van der Waals surface area contributed by atoms with E-state index >= 15 is 0 Å². The molecule has 0 spiro atoms. The van der Waals surface area contributed by atoms with Crippen LogP contribution >= 0.6 is 0 Å². The van der Waals surface area contributed by atoms with Crippen molar-refractivity contribution in [1.82, 2.24) is 10.0 Å². The van der Waals surface area contributed by atoms with Crippen LogP contribution in [0, 0.1) is 11.7 Å². The zero-order valence-corrected chi connectivity index (χ0v) is 19.1. The van der Waals surface area contributed by atoms with E-state index in [1.54, 1.807) is 13.0 Å². The molecule has 170 valence electrons. The smallest absolute Gasteiger partial charge is 0.241 e. The molecule has 1 amide bonds. The minimum absolute atomic E-state index is 0.0279. The first kappa shape index (κ1) is 24.6. The number of methoxy groups -OCH3 is 2. The van der Waals surface area contributed by atoms with Crippen molar-refractivity contribution in [1.29, 1.82) is 0 Å². The summed E-state index contributed by atoms with van der Waals surface area (Å²) in [6, 6.07) is 8.77. The Morgan fingerprint density at radius 3 is 2.19 bits per heavy atom. The molecule has 9 heteroatoms. The lowest BCUT2D eigenvalue weighted by Gasteiger charge is -2.23. The molecule has 2 aromatic rings. The average molecular weight is 453 g/mol. The van der Waals surface area contributed by atoms with Gasteiger partial charge in [0.25, 0.3) is 0 Å². The fraction of sp³-hybridized carbons (Fsp3) is 0.409. The van der Waals surface area contributed by atoms with Gasteiger partial charge in [0, 0.05) is 0 Å². The summed E-state index contributed by atoms with van der Waals surface area (Å²) in [5, 5.41) is 2.77. The summed E-state index contributed by atoms with van der Waals surface area (Å²) in [6.07, 6.45) is 0.297. The summed E-state index contributed by atoms with van der Waals surface area (Å²) in [5.74, 6) is -0.346. The van der Waals surface area contributed by atoms with Crippen molar-refractivity contribution in [2.45, 2.75) is 44.2 Å². The second-order valence-corrected chi connectivity index (χ2v) is 9.32. The molecule has 0 bridgehead atoms. The van der Waals surface area contributed by atoms with E-state index in [2.05, 4.69) is 10.0 Å². The zero-order chi connectivity index (χ0) is 23.2. The van der Waals surface area contributed by atoms with Crippen LogP contribution in [0.5, 0.6) is 11.5 Å². The average Bonchev–Trinajstić information content (AvgIpc) is 2.72. The van der Waals surface area contributed by atoms with Gasteiger partial charge in [0.2, 0.25) is 15.9 Å². The Balaban J connectivity index is 2.18. The molecule has 0 aliphatic rings. The summed E-state index contributed by atoms with van der Waals surface area (Å²) >= 11 is 0. The molecule has 2 aromatic carbocycles. The monoisotopic (exact) mass is 452 g/mol. The largest absolute Gasteiger partial charge is 0.497 e. The molecule has 2 N–H and O–H groups in total. The molecule has 0 saturated carbocycles. The van der Waals surface area contributed by atoms with Gasteiger partial charge in [0.15, 0.2) is 11.6 Å². The molecule has 0 saturated heterocycles. The summed E-state index contributed by atoms with van der Waals surface area (Å²) in [5.41, 5.74) is 0.535. The third kappa shape index (κ3) is 6.67. The third-order valence-corrected chi connectivity index (χ3v) is 6.21. The lowest BCUT2D eigenvalue weighted by Crippen LogP contribution is -2.47. The van der Waals surface area contributed by atoms with Gasteiger partial charge in [0.1, 0.15) is 11.8 Å². The predicted octanol–water partition coefficient (Wildman–Crippen LogP) is 3.41. The summed E-state index contributed by atoms with van der Waals surface area (Å²) in [4.78, 5) is 12.9. The summed E-state index contributed by atoms with van der Waals surface area (Å²) in [7, 11) is -1.08. The fourth-order valence-corrected chi connectivity index (χ4v) is 4.25. The number of halogens is 1.